The number of hydrogen-bond acceptors (Lipinski definition) is 3. The molecule has 2 aromatic rings. The van der Waals surface area contributed by atoms with Gasteiger partial charge < -0.3 is 5.32 Å². The first kappa shape index (κ1) is 22.6. The van der Waals surface area contributed by atoms with Crippen LogP contribution in [0.2, 0.25) is 0 Å². The molecule has 3 N–H and O–H groups in total. The monoisotopic (exact) mass is 396 g/mol. The lowest BCUT2D eigenvalue weighted by molar-refractivity contribution is -0.137. The third-order valence-corrected chi connectivity index (χ3v) is 4.98. The fourth-order valence-electron chi connectivity index (χ4n) is 3.60. The molecule has 0 radical (unpaired) electrons. The van der Waals surface area contributed by atoms with Crippen molar-refractivity contribution in [1.82, 2.24) is 10.8 Å². The zero-order chi connectivity index (χ0) is 21.1. The average molecular weight is 397 g/mol. The molecule has 0 bridgehead atoms. The summed E-state index contributed by atoms with van der Waals surface area (Å²) < 4.78 is 0. The van der Waals surface area contributed by atoms with Crippen LogP contribution in [0.4, 0.5) is 0 Å². The normalized spacial score (nSPS) is 13.0. The lowest BCUT2D eigenvalue weighted by atomic mass is 9.94. The molecule has 0 fully saturated rings. The molecule has 0 aliphatic heterocycles. The number of unbranched alkanes of at least 4 members (excludes halogenated alkanes) is 1. The Kier molecular flexibility index (Phi) is 9.38. The number of rotatable bonds is 11. The van der Waals surface area contributed by atoms with Crippen molar-refractivity contribution in [2.75, 3.05) is 0 Å². The van der Waals surface area contributed by atoms with E-state index in [1.807, 2.05) is 24.3 Å². The number of aryl methyl sites for hydroxylation is 1. The fourth-order valence-corrected chi connectivity index (χ4v) is 3.60. The molecular formula is C24H32N2O3. The van der Waals surface area contributed by atoms with Gasteiger partial charge in [0.05, 0.1) is 0 Å². The van der Waals surface area contributed by atoms with Gasteiger partial charge in [-0.05, 0) is 42.7 Å². The van der Waals surface area contributed by atoms with E-state index in [2.05, 4.69) is 31.3 Å². The summed E-state index contributed by atoms with van der Waals surface area (Å²) in [7, 11) is 0. The minimum Gasteiger partial charge on any atom is -0.352 e. The molecule has 0 aliphatic rings. The van der Waals surface area contributed by atoms with Gasteiger partial charge in [0, 0.05) is 6.04 Å². The molecule has 2 atom stereocenters. The van der Waals surface area contributed by atoms with Gasteiger partial charge >= 0.3 is 0 Å². The van der Waals surface area contributed by atoms with Crippen LogP contribution in [0.5, 0.6) is 0 Å². The molecular weight excluding hydrogens is 364 g/mol. The summed E-state index contributed by atoms with van der Waals surface area (Å²) in [5.74, 6) is -1.74. The van der Waals surface area contributed by atoms with E-state index >= 15 is 0 Å². The highest BCUT2D eigenvalue weighted by atomic mass is 16.5. The van der Waals surface area contributed by atoms with Gasteiger partial charge in [-0.2, -0.15) is 0 Å². The maximum atomic E-state index is 12.9. The van der Waals surface area contributed by atoms with E-state index in [1.54, 1.807) is 29.7 Å². The van der Waals surface area contributed by atoms with Gasteiger partial charge in [-0.1, -0.05) is 80.9 Å². The highest BCUT2D eigenvalue weighted by Crippen LogP contribution is 2.19. The molecule has 2 aromatic carbocycles. The van der Waals surface area contributed by atoms with Crippen LogP contribution in [-0.4, -0.2) is 23.1 Å². The maximum absolute atomic E-state index is 12.9. The van der Waals surface area contributed by atoms with Crippen LogP contribution in [0.1, 0.15) is 56.6 Å². The lowest BCUT2D eigenvalue weighted by Crippen LogP contribution is -2.43. The van der Waals surface area contributed by atoms with Crippen LogP contribution < -0.4 is 10.8 Å². The first-order chi connectivity index (χ1) is 14.0. The third kappa shape index (κ3) is 7.70. The van der Waals surface area contributed by atoms with Crippen molar-refractivity contribution in [3.63, 3.8) is 0 Å². The number of hydroxylamine groups is 1. The summed E-state index contributed by atoms with van der Waals surface area (Å²) in [6.45, 7) is 4.25. The van der Waals surface area contributed by atoms with Crippen LogP contribution in [0.15, 0.2) is 60.7 Å². The Morgan fingerprint density at radius 2 is 1.52 bits per heavy atom. The summed E-state index contributed by atoms with van der Waals surface area (Å²) >= 11 is 0. The second-order valence-corrected chi connectivity index (χ2v) is 7.89. The Bertz CT molecular complexity index is 747. The summed E-state index contributed by atoms with van der Waals surface area (Å²) in [6, 6.07) is 19.2. The lowest BCUT2D eigenvalue weighted by Gasteiger charge is -2.23. The molecule has 0 saturated heterocycles. The van der Waals surface area contributed by atoms with E-state index in [4.69, 9.17) is 5.21 Å². The predicted octanol–water partition coefficient (Wildman–Crippen LogP) is 4.22. The highest BCUT2D eigenvalue weighted by Gasteiger charge is 2.29. The standard InChI is InChI=1S/C24H32N2O3/c1-18(2)17-21(16-10-9-13-19-11-5-3-6-12-19)25-23(27)22(24(28)26-29)20-14-7-4-8-15-20/h3-8,11-12,14-15,18,21-22,29H,9-10,13,16-17H2,1-2H3,(H,25,27)(H,26,28). The van der Waals surface area contributed by atoms with E-state index in [-0.39, 0.29) is 11.9 Å². The predicted molar refractivity (Wildman–Crippen MR) is 114 cm³/mol. The Hall–Kier alpha value is -2.66. The van der Waals surface area contributed by atoms with Gasteiger partial charge in [-0.25, -0.2) is 5.48 Å². The smallest absolute Gasteiger partial charge is 0.260 e. The number of amides is 2. The van der Waals surface area contributed by atoms with Crippen molar-refractivity contribution in [2.45, 2.75) is 57.9 Å². The SMILES string of the molecule is CC(C)CC(CCCCc1ccccc1)NC(=O)C(C(=O)NO)c1ccccc1. The third-order valence-electron chi connectivity index (χ3n) is 4.98. The van der Waals surface area contributed by atoms with Crippen LogP contribution >= 0.6 is 0 Å². The van der Waals surface area contributed by atoms with E-state index in [0.29, 0.717) is 11.5 Å². The molecule has 2 rings (SSSR count). The van der Waals surface area contributed by atoms with Crippen molar-refractivity contribution >= 4 is 11.8 Å². The number of carbonyl (C=O) groups excluding carboxylic acids is 2. The molecule has 5 heteroatoms. The summed E-state index contributed by atoms with van der Waals surface area (Å²) in [4.78, 5) is 25.1. The number of carbonyl (C=O) groups is 2. The van der Waals surface area contributed by atoms with Crippen molar-refractivity contribution in [3.8, 4) is 0 Å². The average Bonchev–Trinajstić information content (AvgIpc) is 2.72. The maximum Gasteiger partial charge on any atom is 0.260 e. The van der Waals surface area contributed by atoms with E-state index in [9.17, 15) is 9.59 Å². The Labute approximate surface area is 173 Å². The van der Waals surface area contributed by atoms with Crippen LogP contribution in [0.3, 0.4) is 0 Å². The van der Waals surface area contributed by atoms with E-state index in [1.165, 1.54) is 5.56 Å². The van der Waals surface area contributed by atoms with Crippen molar-refractivity contribution < 1.29 is 14.8 Å². The number of benzene rings is 2. The summed E-state index contributed by atoms with van der Waals surface area (Å²) in [6.07, 6.45) is 4.77. The Morgan fingerprint density at radius 3 is 2.10 bits per heavy atom. The van der Waals surface area contributed by atoms with Gasteiger partial charge in [0.2, 0.25) is 5.91 Å². The molecule has 5 nitrogen and oxygen atoms in total. The summed E-state index contributed by atoms with van der Waals surface area (Å²) in [5, 5.41) is 12.1. The van der Waals surface area contributed by atoms with Gasteiger partial charge in [0.15, 0.2) is 0 Å². The minimum absolute atomic E-state index is 0.00372. The molecule has 0 aliphatic carbocycles. The molecule has 2 unspecified atom stereocenters. The van der Waals surface area contributed by atoms with Gasteiger partial charge in [0.1, 0.15) is 5.92 Å². The minimum atomic E-state index is -1.07. The van der Waals surface area contributed by atoms with Gasteiger partial charge in [-0.15, -0.1) is 0 Å². The molecule has 2 amide bonds. The Balaban J connectivity index is 1.97. The zero-order valence-corrected chi connectivity index (χ0v) is 17.3. The van der Waals surface area contributed by atoms with Crippen LogP contribution in [0, 0.1) is 5.92 Å². The van der Waals surface area contributed by atoms with Crippen LogP contribution in [-0.2, 0) is 16.0 Å². The topological polar surface area (TPSA) is 78.4 Å². The van der Waals surface area contributed by atoms with Crippen molar-refractivity contribution in [2.24, 2.45) is 5.92 Å². The molecule has 0 spiro atoms. The fraction of sp³-hybridized carbons (Fsp3) is 0.417. The summed E-state index contributed by atoms with van der Waals surface area (Å²) in [5.41, 5.74) is 3.51. The molecule has 156 valence electrons. The molecule has 0 saturated carbocycles. The van der Waals surface area contributed by atoms with E-state index in [0.717, 1.165) is 32.1 Å². The van der Waals surface area contributed by atoms with Gasteiger partial charge in [0.25, 0.3) is 5.91 Å². The molecule has 0 aromatic heterocycles. The van der Waals surface area contributed by atoms with Crippen LogP contribution in [0.25, 0.3) is 0 Å². The largest absolute Gasteiger partial charge is 0.352 e. The van der Waals surface area contributed by atoms with Gasteiger partial charge in [-0.3, -0.25) is 14.8 Å². The second-order valence-electron chi connectivity index (χ2n) is 7.89. The number of hydrogen-bond donors (Lipinski definition) is 3. The quantitative estimate of drug-likeness (QED) is 0.230. The Morgan fingerprint density at radius 1 is 0.897 bits per heavy atom. The molecule has 29 heavy (non-hydrogen) atoms. The first-order valence-electron chi connectivity index (χ1n) is 10.3. The number of nitrogens with one attached hydrogen (secondary N) is 2. The first-order valence-corrected chi connectivity index (χ1v) is 10.3. The molecule has 0 heterocycles. The van der Waals surface area contributed by atoms with E-state index < -0.39 is 11.8 Å². The van der Waals surface area contributed by atoms with Crippen molar-refractivity contribution in [3.05, 3.63) is 71.8 Å². The van der Waals surface area contributed by atoms with Crippen molar-refractivity contribution in [1.29, 1.82) is 0 Å². The highest BCUT2D eigenvalue weighted by molar-refractivity contribution is 6.05. The second kappa shape index (κ2) is 12.0. The zero-order valence-electron chi connectivity index (χ0n) is 17.3.